The van der Waals surface area contributed by atoms with E-state index in [-0.39, 0.29) is 12.0 Å². The van der Waals surface area contributed by atoms with Crippen LogP contribution in [-0.4, -0.2) is 10.7 Å². The van der Waals surface area contributed by atoms with E-state index in [0.29, 0.717) is 0 Å². The Kier molecular flexibility index (Phi) is 6.85. The largest absolute Gasteiger partial charge is 0.484 e. The van der Waals surface area contributed by atoms with Crippen LogP contribution in [0.3, 0.4) is 0 Å². The first-order valence-corrected chi connectivity index (χ1v) is 20.5. The summed E-state index contributed by atoms with van der Waals surface area (Å²) in [5.41, 5.74) is 17.5. The Morgan fingerprint density at radius 1 is 0.559 bits per heavy atom. The normalized spacial score (nSPS) is 16.1. The molecule has 59 heavy (non-hydrogen) atoms. The predicted octanol–water partition coefficient (Wildman–Crippen LogP) is 14.1. The van der Waals surface area contributed by atoms with Crippen molar-refractivity contribution in [3.8, 4) is 44.8 Å². The summed E-state index contributed by atoms with van der Waals surface area (Å²) in [5, 5.41) is 7.46. The van der Waals surface area contributed by atoms with Gasteiger partial charge in [-0.2, -0.15) is 0 Å². The SMILES string of the molecule is c1cccc(-c2c3ccccc3c(-c3cccc(-n4c5ccccc5c5cc(C6=CC=CC7c8cccc(-c9ccccc9)c8OC67)c6c(c54)C6)c3)c3ccccc23)c#1. The van der Waals surface area contributed by atoms with Gasteiger partial charge in [0.15, 0.2) is 0 Å². The van der Waals surface area contributed by atoms with Crippen molar-refractivity contribution in [1.29, 1.82) is 0 Å². The first-order valence-electron chi connectivity index (χ1n) is 20.5. The van der Waals surface area contributed by atoms with E-state index >= 15 is 0 Å². The molecule has 2 nitrogen and oxygen atoms in total. The van der Waals surface area contributed by atoms with Gasteiger partial charge in [0.1, 0.15) is 11.9 Å². The molecule has 13 rings (SSSR count). The molecule has 2 aliphatic carbocycles. The van der Waals surface area contributed by atoms with Gasteiger partial charge >= 0.3 is 0 Å². The third-order valence-electron chi connectivity index (χ3n) is 12.9. The minimum Gasteiger partial charge on any atom is -0.484 e. The number of fused-ring (bicyclic) bond motifs is 10. The monoisotopic (exact) mass is 749 g/mol. The molecule has 2 heteroatoms. The predicted molar refractivity (Wildman–Crippen MR) is 243 cm³/mol. The molecule has 0 saturated carbocycles. The molecule has 1 aromatic heterocycles. The summed E-state index contributed by atoms with van der Waals surface area (Å²) in [4.78, 5) is 0. The molecule has 0 radical (unpaired) electrons. The smallest absolute Gasteiger partial charge is 0.135 e. The van der Waals surface area contributed by atoms with Crippen molar-refractivity contribution in [2.24, 2.45) is 0 Å². The van der Waals surface area contributed by atoms with Gasteiger partial charge < -0.3 is 9.30 Å². The van der Waals surface area contributed by atoms with Gasteiger partial charge in [-0.3, -0.25) is 0 Å². The van der Waals surface area contributed by atoms with Crippen molar-refractivity contribution < 1.29 is 4.74 Å². The lowest BCUT2D eigenvalue weighted by molar-refractivity contribution is 0.279. The number of benzene rings is 8. The van der Waals surface area contributed by atoms with E-state index in [1.807, 2.05) is 6.07 Å². The summed E-state index contributed by atoms with van der Waals surface area (Å²) in [6.45, 7) is 0. The third kappa shape index (κ3) is 4.77. The molecule has 0 N–H and O–H groups in total. The molecule has 0 saturated heterocycles. The summed E-state index contributed by atoms with van der Waals surface area (Å²) in [6, 6.07) is 68.2. The van der Waals surface area contributed by atoms with E-state index in [2.05, 4.69) is 199 Å². The highest BCUT2D eigenvalue weighted by molar-refractivity contribution is 6.21. The maximum atomic E-state index is 7.04. The van der Waals surface area contributed by atoms with Crippen molar-refractivity contribution in [1.82, 2.24) is 4.57 Å². The first-order chi connectivity index (χ1) is 29.3. The topological polar surface area (TPSA) is 14.2 Å². The molecule has 0 amide bonds. The quantitative estimate of drug-likeness (QED) is 0.160. The van der Waals surface area contributed by atoms with Gasteiger partial charge in [0.2, 0.25) is 0 Å². The maximum Gasteiger partial charge on any atom is 0.135 e. The van der Waals surface area contributed by atoms with Gasteiger partial charge in [0.25, 0.3) is 0 Å². The lowest BCUT2D eigenvalue weighted by atomic mass is 9.83. The average molecular weight is 750 g/mol. The standard InChI is InChI=1S/C57H35NO/c1-3-16-35(17-4-1)39-27-14-28-45-46-29-15-30-47(57(46)59-56(39)45)48-33-50-40-22-11-12-31-52(40)58(55(50)51-34-49(48)51)38-21-13-20-37(32-38)54-43-25-9-7-23-41(43)53(36-18-5-2-6-19-36)42-24-8-10-26-44(42)54/h1-5,7-18,20-33,46,57H,34H2. The van der Waals surface area contributed by atoms with Crippen LogP contribution < -0.4 is 4.74 Å². The van der Waals surface area contributed by atoms with Gasteiger partial charge in [-0.25, -0.2) is 0 Å². The van der Waals surface area contributed by atoms with Crippen LogP contribution in [0.4, 0.5) is 0 Å². The van der Waals surface area contributed by atoms with Crippen LogP contribution in [0.5, 0.6) is 5.75 Å². The molecule has 3 aliphatic rings. The molecule has 0 spiro atoms. The zero-order chi connectivity index (χ0) is 38.6. The Labute approximate surface area is 342 Å². The van der Waals surface area contributed by atoms with E-state index in [1.165, 1.54) is 99.1 Å². The van der Waals surface area contributed by atoms with Crippen LogP contribution in [-0.2, 0) is 6.42 Å². The number of allylic oxidation sites excluding steroid dienone is 2. The maximum absolute atomic E-state index is 7.04. The number of hydrogen-bond donors (Lipinski definition) is 0. The number of aromatic nitrogens is 1. The summed E-state index contributed by atoms with van der Waals surface area (Å²) in [6.07, 6.45) is 7.77. The molecule has 9 aromatic carbocycles. The Morgan fingerprint density at radius 3 is 2.05 bits per heavy atom. The third-order valence-corrected chi connectivity index (χ3v) is 12.9. The van der Waals surface area contributed by atoms with Crippen molar-refractivity contribution in [2.45, 2.75) is 18.4 Å². The van der Waals surface area contributed by atoms with Crippen LogP contribution >= 0.6 is 0 Å². The van der Waals surface area contributed by atoms with E-state index in [0.717, 1.165) is 23.3 Å². The average Bonchev–Trinajstić information content (AvgIpc) is 3.91. The van der Waals surface area contributed by atoms with Gasteiger partial charge in [0, 0.05) is 56.6 Å². The Bertz CT molecular complexity index is 3380. The molecule has 274 valence electrons. The summed E-state index contributed by atoms with van der Waals surface area (Å²) >= 11 is 0. The highest BCUT2D eigenvalue weighted by atomic mass is 16.5. The van der Waals surface area contributed by atoms with Crippen molar-refractivity contribution in [3.05, 3.63) is 222 Å². The highest BCUT2D eigenvalue weighted by Crippen LogP contribution is 2.53. The Morgan fingerprint density at radius 2 is 1.27 bits per heavy atom. The second-order valence-corrected chi connectivity index (χ2v) is 16.1. The summed E-state index contributed by atoms with van der Waals surface area (Å²) in [7, 11) is 0. The zero-order valence-electron chi connectivity index (χ0n) is 32.1. The molecule has 2 heterocycles. The molecule has 1 aliphatic heterocycles. The minimum absolute atomic E-state index is 0.0685. The van der Waals surface area contributed by atoms with Crippen LogP contribution in [0.25, 0.3) is 88.0 Å². The molecule has 10 aromatic rings. The molecular formula is C57H35NO. The lowest BCUT2D eigenvalue weighted by Crippen LogP contribution is -2.21. The molecular weight excluding hydrogens is 715 g/mol. The Balaban J connectivity index is 0.968. The minimum atomic E-state index is -0.0685. The number of rotatable bonds is 5. The van der Waals surface area contributed by atoms with Crippen molar-refractivity contribution >= 4 is 48.9 Å². The van der Waals surface area contributed by atoms with Crippen LogP contribution in [0.1, 0.15) is 28.2 Å². The second kappa shape index (κ2) is 12.4. The van der Waals surface area contributed by atoms with E-state index in [9.17, 15) is 0 Å². The fourth-order valence-corrected chi connectivity index (χ4v) is 10.3. The first kappa shape index (κ1) is 32.5. The van der Waals surface area contributed by atoms with Gasteiger partial charge in [-0.1, -0.05) is 164 Å². The zero-order valence-corrected chi connectivity index (χ0v) is 32.1. The summed E-state index contributed by atoms with van der Waals surface area (Å²) < 4.78 is 9.55. The van der Waals surface area contributed by atoms with Crippen LogP contribution in [0.15, 0.2) is 188 Å². The molecule has 2 unspecified atom stereocenters. The molecule has 0 bridgehead atoms. The number of para-hydroxylation sites is 2. The van der Waals surface area contributed by atoms with Crippen molar-refractivity contribution in [3.63, 3.8) is 0 Å². The fourth-order valence-electron chi connectivity index (χ4n) is 10.3. The van der Waals surface area contributed by atoms with E-state index in [1.54, 1.807) is 0 Å². The van der Waals surface area contributed by atoms with Crippen LogP contribution in [0.2, 0.25) is 0 Å². The van der Waals surface area contributed by atoms with Crippen LogP contribution in [0, 0.1) is 12.1 Å². The van der Waals surface area contributed by atoms with Gasteiger partial charge in [-0.05, 0) is 91.3 Å². The second-order valence-electron chi connectivity index (χ2n) is 16.1. The Hall–Kier alpha value is -7.60. The number of hydrogen-bond acceptors (Lipinski definition) is 1. The molecule has 2 atom stereocenters. The van der Waals surface area contributed by atoms with E-state index < -0.39 is 0 Å². The fraction of sp³-hybridized carbons (Fsp3) is 0.0526. The van der Waals surface area contributed by atoms with Gasteiger partial charge in [0.05, 0.1) is 11.0 Å². The lowest BCUT2D eigenvalue weighted by Gasteiger charge is -2.23. The molecule has 0 fully saturated rings. The van der Waals surface area contributed by atoms with E-state index in [4.69, 9.17) is 4.74 Å². The summed E-state index contributed by atoms with van der Waals surface area (Å²) in [5.74, 6) is 1.19. The number of ether oxygens (including phenoxy) is 1. The van der Waals surface area contributed by atoms with Crippen molar-refractivity contribution in [2.75, 3.05) is 0 Å². The van der Waals surface area contributed by atoms with Gasteiger partial charge in [-0.15, -0.1) is 0 Å². The highest BCUT2D eigenvalue weighted by Gasteiger charge is 2.41. The number of nitrogens with zero attached hydrogens (tertiary/aromatic N) is 1.